The molecule has 25 heavy (non-hydrogen) atoms. The average Bonchev–Trinajstić information content (AvgIpc) is 2.64. The highest BCUT2D eigenvalue weighted by Gasteiger charge is 2.26. The third-order valence-corrected chi connectivity index (χ3v) is 4.67. The maximum atomic E-state index is 12.2. The third kappa shape index (κ3) is 4.14. The number of methoxy groups -OCH3 is 1. The lowest BCUT2D eigenvalue weighted by molar-refractivity contribution is -0.125. The molecule has 0 spiro atoms. The predicted octanol–water partition coefficient (Wildman–Crippen LogP) is 3.32. The Morgan fingerprint density at radius 3 is 2.52 bits per heavy atom. The van der Waals surface area contributed by atoms with E-state index in [4.69, 9.17) is 4.74 Å². The number of esters is 1. The fourth-order valence-corrected chi connectivity index (χ4v) is 3.02. The van der Waals surface area contributed by atoms with Crippen molar-refractivity contribution in [2.24, 2.45) is 11.0 Å². The van der Waals surface area contributed by atoms with Crippen molar-refractivity contribution >= 4 is 33.5 Å². The molecule has 1 atom stereocenters. The fraction of sp³-hybridized carbons (Fsp3) is 0.211. The van der Waals surface area contributed by atoms with Crippen molar-refractivity contribution in [3.63, 3.8) is 0 Å². The molecule has 1 heterocycles. The molecule has 0 saturated carbocycles. The quantitative estimate of drug-likeness (QED) is 0.800. The number of hydrogen-bond donors (Lipinski definition) is 1. The van der Waals surface area contributed by atoms with E-state index in [-0.39, 0.29) is 17.8 Å². The lowest BCUT2D eigenvalue weighted by Gasteiger charge is -2.21. The second-order valence-electron chi connectivity index (χ2n) is 5.84. The Morgan fingerprint density at radius 2 is 1.88 bits per heavy atom. The van der Waals surface area contributed by atoms with Gasteiger partial charge in [-0.2, -0.15) is 5.10 Å². The standard InChI is InChI=1S/C19H17BrN2O3/c1-25-19(24)14-4-2-12(3-5-14)10-15-11-17(21-22-18(15)23)13-6-8-16(20)9-7-13/h2-9,15H,10-11H2,1H3,(H,22,23)/t15-/m1/s1. The summed E-state index contributed by atoms with van der Waals surface area (Å²) in [5.41, 5.74) is 5.96. The van der Waals surface area contributed by atoms with E-state index >= 15 is 0 Å². The van der Waals surface area contributed by atoms with Crippen LogP contribution < -0.4 is 5.43 Å². The number of amides is 1. The summed E-state index contributed by atoms with van der Waals surface area (Å²) in [4.78, 5) is 23.6. The van der Waals surface area contributed by atoms with Crippen LogP contribution in [-0.4, -0.2) is 24.7 Å². The molecule has 6 heteroatoms. The molecule has 1 aliphatic heterocycles. The minimum atomic E-state index is -0.369. The number of hydrazone groups is 1. The molecule has 128 valence electrons. The number of rotatable bonds is 4. The molecule has 0 fully saturated rings. The molecular weight excluding hydrogens is 384 g/mol. The summed E-state index contributed by atoms with van der Waals surface area (Å²) >= 11 is 3.41. The molecule has 2 aromatic rings. The van der Waals surface area contributed by atoms with E-state index in [0.29, 0.717) is 18.4 Å². The lowest BCUT2D eigenvalue weighted by Crippen LogP contribution is -2.36. The molecule has 1 aliphatic rings. The molecule has 1 amide bonds. The van der Waals surface area contributed by atoms with Crippen LogP contribution in [0.1, 0.15) is 27.9 Å². The number of carbonyl (C=O) groups excluding carboxylic acids is 2. The van der Waals surface area contributed by atoms with Crippen LogP contribution in [0.25, 0.3) is 0 Å². The van der Waals surface area contributed by atoms with Crippen molar-refractivity contribution in [2.75, 3.05) is 7.11 Å². The number of ether oxygens (including phenoxy) is 1. The second kappa shape index (κ2) is 7.61. The highest BCUT2D eigenvalue weighted by atomic mass is 79.9. The zero-order chi connectivity index (χ0) is 17.8. The van der Waals surface area contributed by atoms with Gasteiger partial charge >= 0.3 is 5.97 Å². The largest absolute Gasteiger partial charge is 0.465 e. The van der Waals surface area contributed by atoms with Crippen molar-refractivity contribution in [2.45, 2.75) is 12.8 Å². The van der Waals surface area contributed by atoms with Crippen molar-refractivity contribution < 1.29 is 14.3 Å². The summed E-state index contributed by atoms with van der Waals surface area (Å²) in [7, 11) is 1.35. The minimum absolute atomic E-state index is 0.0853. The van der Waals surface area contributed by atoms with E-state index in [1.165, 1.54) is 7.11 Å². The molecule has 0 bridgehead atoms. The molecule has 0 unspecified atom stereocenters. The van der Waals surface area contributed by atoms with Gasteiger partial charge in [0.2, 0.25) is 5.91 Å². The van der Waals surface area contributed by atoms with E-state index in [1.54, 1.807) is 12.1 Å². The Labute approximate surface area is 154 Å². The normalized spacial score (nSPS) is 16.8. The van der Waals surface area contributed by atoms with Crippen LogP contribution in [0.4, 0.5) is 0 Å². The number of carbonyl (C=O) groups is 2. The SMILES string of the molecule is COC(=O)c1ccc(C[C@@H]2CC(c3ccc(Br)cc3)=NNC2=O)cc1. The van der Waals surface area contributed by atoms with Crippen LogP contribution in [0.2, 0.25) is 0 Å². The second-order valence-corrected chi connectivity index (χ2v) is 6.75. The number of benzene rings is 2. The van der Waals surface area contributed by atoms with Gasteiger partial charge in [-0.1, -0.05) is 40.2 Å². The maximum Gasteiger partial charge on any atom is 0.337 e. The first kappa shape index (κ1) is 17.4. The van der Waals surface area contributed by atoms with Gasteiger partial charge in [-0.15, -0.1) is 0 Å². The monoisotopic (exact) mass is 400 g/mol. The van der Waals surface area contributed by atoms with Crippen molar-refractivity contribution in [1.29, 1.82) is 0 Å². The molecule has 2 aromatic carbocycles. The smallest absolute Gasteiger partial charge is 0.337 e. The maximum absolute atomic E-state index is 12.2. The van der Waals surface area contributed by atoms with E-state index in [2.05, 4.69) is 26.5 Å². The Hall–Kier alpha value is -2.47. The number of nitrogens with zero attached hydrogens (tertiary/aromatic N) is 1. The molecule has 1 N–H and O–H groups in total. The van der Waals surface area contributed by atoms with Crippen molar-refractivity contribution in [3.8, 4) is 0 Å². The molecule has 0 radical (unpaired) electrons. The molecule has 5 nitrogen and oxygen atoms in total. The summed E-state index contributed by atoms with van der Waals surface area (Å²) in [5, 5.41) is 4.19. The van der Waals surface area contributed by atoms with Gasteiger partial charge in [-0.25, -0.2) is 10.2 Å². The topological polar surface area (TPSA) is 67.8 Å². The molecular formula is C19H17BrN2O3. The number of hydrogen-bond acceptors (Lipinski definition) is 4. The van der Waals surface area contributed by atoms with Crippen LogP contribution in [-0.2, 0) is 16.0 Å². The zero-order valence-corrected chi connectivity index (χ0v) is 15.2. The Balaban J connectivity index is 1.72. The summed E-state index contributed by atoms with van der Waals surface area (Å²) in [6, 6.07) is 15.0. The van der Waals surface area contributed by atoms with Crippen LogP contribution >= 0.6 is 15.9 Å². The molecule has 0 aromatic heterocycles. The van der Waals surface area contributed by atoms with Gasteiger partial charge in [-0.3, -0.25) is 4.79 Å². The number of halogens is 1. The van der Waals surface area contributed by atoms with Crippen molar-refractivity contribution in [3.05, 3.63) is 69.7 Å². The first-order valence-corrected chi connectivity index (χ1v) is 8.65. The van der Waals surface area contributed by atoms with Gasteiger partial charge in [-0.05, 0) is 41.8 Å². The zero-order valence-electron chi connectivity index (χ0n) is 13.7. The van der Waals surface area contributed by atoms with Crippen molar-refractivity contribution in [1.82, 2.24) is 5.43 Å². The summed E-state index contributed by atoms with van der Waals surface area (Å²) < 4.78 is 5.69. The molecule has 0 aliphatic carbocycles. The highest BCUT2D eigenvalue weighted by Crippen LogP contribution is 2.21. The van der Waals surface area contributed by atoms with E-state index in [0.717, 1.165) is 21.3 Å². The van der Waals surface area contributed by atoms with Crippen LogP contribution in [0.3, 0.4) is 0 Å². The van der Waals surface area contributed by atoms with E-state index < -0.39 is 0 Å². The summed E-state index contributed by atoms with van der Waals surface area (Å²) in [6.45, 7) is 0. The van der Waals surface area contributed by atoms with E-state index in [9.17, 15) is 9.59 Å². The highest BCUT2D eigenvalue weighted by molar-refractivity contribution is 9.10. The summed E-state index contributed by atoms with van der Waals surface area (Å²) in [6.07, 6.45) is 1.16. The van der Waals surface area contributed by atoms with Gasteiger partial charge in [0.25, 0.3) is 0 Å². The van der Waals surface area contributed by atoms with Crippen LogP contribution in [0.15, 0.2) is 58.1 Å². The Kier molecular flexibility index (Phi) is 5.28. The summed E-state index contributed by atoms with van der Waals surface area (Å²) in [5.74, 6) is -0.648. The number of nitrogens with one attached hydrogen (secondary N) is 1. The van der Waals surface area contributed by atoms with Gasteiger partial charge in [0.1, 0.15) is 0 Å². The Bertz CT molecular complexity index is 814. The van der Waals surface area contributed by atoms with Gasteiger partial charge in [0, 0.05) is 16.8 Å². The molecule has 0 saturated heterocycles. The van der Waals surface area contributed by atoms with Gasteiger partial charge in [0.05, 0.1) is 18.4 Å². The lowest BCUT2D eigenvalue weighted by atomic mass is 9.90. The van der Waals surface area contributed by atoms with Gasteiger partial charge < -0.3 is 4.74 Å². The van der Waals surface area contributed by atoms with Gasteiger partial charge in [0.15, 0.2) is 0 Å². The minimum Gasteiger partial charge on any atom is -0.465 e. The first-order chi connectivity index (χ1) is 12.1. The first-order valence-electron chi connectivity index (χ1n) is 7.86. The molecule has 3 rings (SSSR count). The van der Waals surface area contributed by atoms with Crippen LogP contribution in [0.5, 0.6) is 0 Å². The van der Waals surface area contributed by atoms with E-state index in [1.807, 2.05) is 36.4 Å². The Morgan fingerprint density at radius 1 is 1.20 bits per heavy atom. The predicted molar refractivity (Wildman–Crippen MR) is 98.4 cm³/mol. The third-order valence-electron chi connectivity index (χ3n) is 4.15. The average molecular weight is 401 g/mol. The fourth-order valence-electron chi connectivity index (χ4n) is 2.75. The van der Waals surface area contributed by atoms with Crippen LogP contribution in [0, 0.1) is 5.92 Å².